The van der Waals surface area contributed by atoms with Crippen LogP contribution in [-0.2, 0) is 17.6 Å². The zero-order chi connectivity index (χ0) is 11.4. The van der Waals surface area contributed by atoms with Crippen molar-refractivity contribution >= 4 is 11.6 Å². The standard InChI is InChI=1S/C12H17N3O/c13-4-6-14-5-3-9-1-2-11-10(7-9)8-12(16)15-11/h1-2,7,14H,3-6,8,13H2,(H,15,16). The van der Waals surface area contributed by atoms with Gasteiger partial charge in [-0.3, -0.25) is 4.79 Å². The minimum Gasteiger partial charge on any atom is -0.329 e. The largest absolute Gasteiger partial charge is 0.329 e. The van der Waals surface area contributed by atoms with E-state index in [1.54, 1.807) is 0 Å². The van der Waals surface area contributed by atoms with Crippen molar-refractivity contribution < 1.29 is 4.79 Å². The van der Waals surface area contributed by atoms with Gasteiger partial charge >= 0.3 is 0 Å². The number of hydrogen-bond donors (Lipinski definition) is 3. The molecule has 4 N–H and O–H groups in total. The summed E-state index contributed by atoms with van der Waals surface area (Å²) in [5, 5.41) is 6.08. The summed E-state index contributed by atoms with van der Waals surface area (Å²) in [5.41, 5.74) is 8.73. The lowest BCUT2D eigenvalue weighted by Crippen LogP contribution is -2.24. The average Bonchev–Trinajstić information content (AvgIpc) is 2.64. The van der Waals surface area contributed by atoms with E-state index in [1.807, 2.05) is 6.07 Å². The van der Waals surface area contributed by atoms with Crippen LogP contribution in [0.25, 0.3) is 0 Å². The van der Waals surface area contributed by atoms with Gasteiger partial charge in [0.05, 0.1) is 6.42 Å². The van der Waals surface area contributed by atoms with Gasteiger partial charge in [0.25, 0.3) is 0 Å². The molecule has 1 aromatic carbocycles. The van der Waals surface area contributed by atoms with Crippen molar-refractivity contribution in [3.05, 3.63) is 29.3 Å². The van der Waals surface area contributed by atoms with E-state index in [4.69, 9.17) is 5.73 Å². The third kappa shape index (κ3) is 2.59. The molecule has 0 atom stereocenters. The fourth-order valence-corrected chi connectivity index (χ4v) is 1.90. The summed E-state index contributed by atoms with van der Waals surface area (Å²) in [6.45, 7) is 2.45. The normalized spacial score (nSPS) is 13.7. The van der Waals surface area contributed by atoms with Gasteiger partial charge in [0.1, 0.15) is 0 Å². The molecule has 0 spiro atoms. The van der Waals surface area contributed by atoms with Crippen LogP contribution in [0.5, 0.6) is 0 Å². The molecule has 1 aliphatic heterocycles. The molecule has 2 rings (SSSR count). The van der Waals surface area contributed by atoms with E-state index in [1.165, 1.54) is 5.56 Å². The topological polar surface area (TPSA) is 67.1 Å². The van der Waals surface area contributed by atoms with Gasteiger partial charge in [0, 0.05) is 18.8 Å². The summed E-state index contributed by atoms with van der Waals surface area (Å²) in [4.78, 5) is 11.2. The number of carbonyl (C=O) groups is 1. The SMILES string of the molecule is NCCNCCc1ccc2c(c1)CC(=O)N2. The van der Waals surface area contributed by atoms with Gasteiger partial charge < -0.3 is 16.4 Å². The Balaban J connectivity index is 1.92. The van der Waals surface area contributed by atoms with Gasteiger partial charge in [-0.1, -0.05) is 12.1 Å². The highest BCUT2D eigenvalue weighted by Crippen LogP contribution is 2.23. The van der Waals surface area contributed by atoms with Crippen LogP contribution in [0.3, 0.4) is 0 Å². The molecule has 0 saturated carbocycles. The number of hydrogen-bond acceptors (Lipinski definition) is 3. The van der Waals surface area contributed by atoms with E-state index in [0.717, 1.165) is 30.8 Å². The van der Waals surface area contributed by atoms with E-state index < -0.39 is 0 Å². The Morgan fingerprint density at radius 1 is 1.38 bits per heavy atom. The van der Waals surface area contributed by atoms with Gasteiger partial charge in [0.15, 0.2) is 0 Å². The molecule has 0 unspecified atom stereocenters. The van der Waals surface area contributed by atoms with E-state index >= 15 is 0 Å². The first kappa shape index (κ1) is 11.1. The van der Waals surface area contributed by atoms with Gasteiger partial charge in [-0.2, -0.15) is 0 Å². The number of nitrogens with one attached hydrogen (secondary N) is 2. The quantitative estimate of drug-likeness (QED) is 0.623. The molecule has 0 bridgehead atoms. The van der Waals surface area contributed by atoms with Crippen LogP contribution in [0.15, 0.2) is 18.2 Å². The van der Waals surface area contributed by atoms with Gasteiger partial charge in [-0.25, -0.2) is 0 Å². The molecular formula is C12H17N3O. The second kappa shape index (κ2) is 5.09. The molecule has 86 valence electrons. The van der Waals surface area contributed by atoms with Crippen LogP contribution < -0.4 is 16.4 Å². The summed E-state index contributed by atoms with van der Waals surface area (Å²) in [6, 6.07) is 6.16. The molecule has 0 radical (unpaired) electrons. The lowest BCUT2D eigenvalue weighted by Gasteiger charge is -2.05. The molecule has 0 saturated heterocycles. The number of carbonyl (C=O) groups excluding carboxylic acids is 1. The predicted octanol–water partition coefficient (Wildman–Crippen LogP) is 0.272. The predicted molar refractivity (Wildman–Crippen MR) is 64.4 cm³/mol. The van der Waals surface area contributed by atoms with Crippen molar-refractivity contribution in [1.29, 1.82) is 0 Å². The second-order valence-corrected chi connectivity index (χ2v) is 4.01. The second-order valence-electron chi connectivity index (χ2n) is 4.01. The van der Waals surface area contributed by atoms with Crippen molar-refractivity contribution in [3.63, 3.8) is 0 Å². The van der Waals surface area contributed by atoms with Gasteiger partial charge in [-0.05, 0) is 30.2 Å². The Kier molecular flexibility index (Phi) is 3.54. The number of amides is 1. The first-order valence-electron chi connectivity index (χ1n) is 5.62. The van der Waals surface area contributed by atoms with Crippen LogP contribution in [0.4, 0.5) is 5.69 Å². The number of rotatable bonds is 5. The fourth-order valence-electron chi connectivity index (χ4n) is 1.90. The van der Waals surface area contributed by atoms with Crippen LogP contribution in [-0.4, -0.2) is 25.5 Å². The molecule has 0 fully saturated rings. The maximum atomic E-state index is 11.2. The van der Waals surface area contributed by atoms with Crippen molar-refractivity contribution in [2.24, 2.45) is 5.73 Å². The molecule has 1 aromatic rings. The van der Waals surface area contributed by atoms with Crippen LogP contribution in [0.2, 0.25) is 0 Å². The lowest BCUT2D eigenvalue weighted by molar-refractivity contribution is -0.115. The fraction of sp³-hybridized carbons (Fsp3) is 0.417. The molecule has 1 aliphatic rings. The van der Waals surface area contributed by atoms with Crippen molar-refractivity contribution in [3.8, 4) is 0 Å². The molecule has 4 heteroatoms. The van der Waals surface area contributed by atoms with E-state index in [9.17, 15) is 4.79 Å². The number of nitrogens with two attached hydrogens (primary N) is 1. The Morgan fingerprint density at radius 3 is 3.06 bits per heavy atom. The lowest BCUT2D eigenvalue weighted by atomic mass is 10.1. The van der Waals surface area contributed by atoms with Crippen LogP contribution in [0, 0.1) is 0 Å². The Hall–Kier alpha value is -1.39. The maximum absolute atomic E-state index is 11.2. The van der Waals surface area contributed by atoms with E-state index in [2.05, 4.69) is 22.8 Å². The number of fused-ring (bicyclic) bond motifs is 1. The smallest absolute Gasteiger partial charge is 0.228 e. The summed E-state index contributed by atoms with van der Waals surface area (Å²) < 4.78 is 0. The first-order chi connectivity index (χ1) is 7.79. The average molecular weight is 219 g/mol. The molecule has 4 nitrogen and oxygen atoms in total. The van der Waals surface area contributed by atoms with Crippen LogP contribution >= 0.6 is 0 Å². The number of anilines is 1. The highest BCUT2D eigenvalue weighted by atomic mass is 16.1. The third-order valence-corrected chi connectivity index (χ3v) is 2.71. The van der Waals surface area contributed by atoms with Gasteiger partial charge in [-0.15, -0.1) is 0 Å². The summed E-state index contributed by atoms with van der Waals surface area (Å²) in [7, 11) is 0. The highest BCUT2D eigenvalue weighted by Gasteiger charge is 2.16. The van der Waals surface area contributed by atoms with Gasteiger partial charge in [0.2, 0.25) is 5.91 Å². The van der Waals surface area contributed by atoms with Crippen LogP contribution in [0.1, 0.15) is 11.1 Å². The molecule has 0 aliphatic carbocycles. The zero-order valence-electron chi connectivity index (χ0n) is 9.25. The van der Waals surface area contributed by atoms with Crippen molar-refractivity contribution in [2.45, 2.75) is 12.8 Å². The summed E-state index contributed by atoms with van der Waals surface area (Å²) in [5.74, 6) is 0.0911. The van der Waals surface area contributed by atoms with E-state index in [0.29, 0.717) is 13.0 Å². The molecule has 16 heavy (non-hydrogen) atoms. The summed E-state index contributed by atoms with van der Waals surface area (Å²) >= 11 is 0. The minimum absolute atomic E-state index is 0.0911. The van der Waals surface area contributed by atoms with E-state index in [-0.39, 0.29) is 5.91 Å². The summed E-state index contributed by atoms with van der Waals surface area (Å²) in [6.07, 6.45) is 1.49. The Bertz CT molecular complexity index is 390. The number of benzene rings is 1. The minimum atomic E-state index is 0.0911. The van der Waals surface area contributed by atoms with Crippen molar-refractivity contribution in [2.75, 3.05) is 25.0 Å². The highest BCUT2D eigenvalue weighted by molar-refractivity contribution is 5.99. The maximum Gasteiger partial charge on any atom is 0.228 e. The molecule has 0 aromatic heterocycles. The Morgan fingerprint density at radius 2 is 2.25 bits per heavy atom. The Labute approximate surface area is 95.2 Å². The molecule has 1 heterocycles. The first-order valence-corrected chi connectivity index (χ1v) is 5.62. The van der Waals surface area contributed by atoms with Crippen molar-refractivity contribution in [1.82, 2.24) is 5.32 Å². The molecule has 1 amide bonds. The zero-order valence-corrected chi connectivity index (χ0v) is 9.25. The third-order valence-electron chi connectivity index (χ3n) is 2.71. The monoisotopic (exact) mass is 219 g/mol. The molecular weight excluding hydrogens is 202 g/mol.